The van der Waals surface area contributed by atoms with Gasteiger partial charge in [0.2, 0.25) is 5.91 Å². The molecule has 0 fully saturated rings. The molecule has 0 aliphatic heterocycles. The van der Waals surface area contributed by atoms with Crippen LogP contribution in [0.25, 0.3) is 11.1 Å². The number of aryl methyl sites for hydroxylation is 1. The minimum Gasteiger partial charge on any atom is -0.366 e. The molecule has 1 heterocycles. The van der Waals surface area contributed by atoms with E-state index in [0.717, 1.165) is 5.56 Å². The highest BCUT2D eigenvalue weighted by molar-refractivity contribution is 7.10. The van der Waals surface area contributed by atoms with Crippen molar-refractivity contribution in [3.05, 3.63) is 46.2 Å². The second kappa shape index (κ2) is 3.87. The van der Waals surface area contributed by atoms with Gasteiger partial charge in [0.15, 0.2) is 0 Å². The van der Waals surface area contributed by atoms with E-state index in [1.165, 1.54) is 10.4 Å². The van der Waals surface area contributed by atoms with E-state index in [4.69, 9.17) is 5.73 Å². The average Bonchev–Trinajstić information content (AvgIpc) is 2.65. The molecule has 1 aromatic carbocycles. The maximum Gasteiger partial charge on any atom is 0.248 e. The zero-order valence-electron chi connectivity index (χ0n) is 8.36. The van der Waals surface area contributed by atoms with Gasteiger partial charge in [-0.3, -0.25) is 4.79 Å². The molecule has 0 unspecified atom stereocenters. The second-order valence-electron chi connectivity index (χ2n) is 3.39. The molecular weight excluding hydrogens is 206 g/mol. The lowest BCUT2D eigenvalue weighted by molar-refractivity contribution is 0.100. The highest BCUT2D eigenvalue weighted by atomic mass is 32.1. The van der Waals surface area contributed by atoms with Gasteiger partial charge in [-0.2, -0.15) is 0 Å². The maximum atomic E-state index is 10.9. The summed E-state index contributed by atoms with van der Waals surface area (Å²) in [5.74, 6) is -0.386. The summed E-state index contributed by atoms with van der Waals surface area (Å²) in [5.41, 5.74) is 8.02. The van der Waals surface area contributed by atoms with Crippen LogP contribution in [0.15, 0.2) is 35.7 Å². The highest BCUT2D eigenvalue weighted by Crippen LogP contribution is 2.25. The number of benzene rings is 1. The van der Waals surface area contributed by atoms with Gasteiger partial charge in [-0.05, 0) is 41.6 Å². The first-order valence-electron chi connectivity index (χ1n) is 4.62. The Kier molecular flexibility index (Phi) is 2.56. The third kappa shape index (κ3) is 2.07. The summed E-state index contributed by atoms with van der Waals surface area (Å²) in [6, 6.07) is 9.47. The van der Waals surface area contributed by atoms with Crippen molar-refractivity contribution in [1.82, 2.24) is 0 Å². The van der Waals surface area contributed by atoms with Crippen LogP contribution in [0.4, 0.5) is 0 Å². The summed E-state index contributed by atoms with van der Waals surface area (Å²) in [4.78, 5) is 12.2. The van der Waals surface area contributed by atoms with Crippen LogP contribution in [0.1, 0.15) is 15.2 Å². The van der Waals surface area contributed by atoms with Gasteiger partial charge < -0.3 is 5.73 Å². The van der Waals surface area contributed by atoms with E-state index in [0.29, 0.717) is 5.56 Å². The van der Waals surface area contributed by atoms with Crippen molar-refractivity contribution in [2.24, 2.45) is 5.73 Å². The molecule has 3 heteroatoms. The number of amides is 1. The van der Waals surface area contributed by atoms with Gasteiger partial charge in [0.1, 0.15) is 0 Å². The first kappa shape index (κ1) is 9.93. The van der Waals surface area contributed by atoms with E-state index in [9.17, 15) is 4.79 Å². The first-order chi connectivity index (χ1) is 7.16. The van der Waals surface area contributed by atoms with Gasteiger partial charge in [0, 0.05) is 10.4 Å². The van der Waals surface area contributed by atoms with Gasteiger partial charge in [-0.15, -0.1) is 11.3 Å². The zero-order valence-corrected chi connectivity index (χ0v) is 9.17. The lowest BCUT2D eigenvalue weighted by atomic mass is 10.1. The summed E-state index contributed by atoms with van der Waals surface area (Å²) >= 11 is 1.72. The van der Waals surface area contributed by atoms with Crippen molar-refractivity contribution in [1.29, 1.82) is 0 Å². The van der Waals surface area contributed by atoms with Crippen molar-refractivity contribution in [3.8, 4) is 11.1 Å². The fraction of sp³-hybridized carbons (Fsp3) is 0.0833. The van der Waals surface area contributed by atoms with Gasteiger partial charge >= 0.3 is 0 Å². The number of primary amides is 1. The van der Waals surface area contributed by atoms with Crippen molar-refractivity contribution in [3.63, 3.8) is 0 Å². The van der Waals surface area contributed by atoms with E-state index in [-0.39, 0.29) is 5.91 Å². The molecule has 2 aromatic rings. The smallest absolute Gasteiger partial charge is 0.248 e. The SMILES string of the molecule is Cc1cc(-c2ccc(C(N)=O)cc2)cs1. The first-order valence-corrected chi connectivity index (χ1v) is 5.50. The Morgan fingerprint density at radius 3 is 2.33 bits per heavy atom. The molecule has 2 nitrogen and oxygen atoms in total. The summed E-state index contributed by atoms with van der Waals surface area (Å²) in [5, 5.41) is 2.11. The van der Waals surface area contributed by atoms with E-state index in [1.807, 2.05) is 12.1 Å². The highest BCUT2D eigenvalue weighted by Gasteiger charge is 2.02. The molecule has 0 spiro atoms. The Morgan fingerprint density at radius 2 is 1.87 bits per heavy atom. The molecule has 1 amide bonds. The molecule has 15 heavy (non-hydrogen) atoms. The number of carbonyl (C=O) groups excluding carboxylic acids is 1. The summed E-state index contributed by atoms with van der Waals surface area (Å²) in [7, 11) is 0. The number of hydrogen-bond donors (Lipinski definition) is 1. The molecule has 0 radical (unpaired) electrons. The largest absolute Gasteiger partial charge is 0.366 e. The Hall–Kier alpha value is -1.61. The number of nitrogens with two attached hydrogens (primary N) is 1. The number of thiophene rings is 1. The predicted molar refractivity (Wildman–Crippen MR) is 63.0 cm³/mol. The molecule has 0 atom stereocenters. The Balaban J connectivity index is 2.35. The minimum absolute atomic E-state index is 0.386. The molecule has 0 saturated heterocycles. The van der Waals surface area contributed by atoms with Crippen LogP contribution in [-0.2, 0) is 0 Å². The summed E-state index contributed by atoms with van der Waals surface area (Å²) < 4.78 is 0. The monoisotopic (exact) mass is 217 g/mol. The molecule has 0 aliphatic rings. The maximum absolute atomic E-state index is 10.9. The normalized spacial score (nSPS) is 10.2. The lowest BCUT2D eigenvalue weighted by Crippen LogP contribution is -2.10. The Bertz CT molecular complexity index is 485. The van der Waals surface area contributed by atoms with Gasteiger partial charge in [-0.1, -0.05) is 12.1 Å². The van der Waals surface area contributed by atoms with Crippen LogP contribution in [0.5, 0.6) is 0 Å². The zero-order chi connectivity index (χ0) is 10.8. The second-order valence-corrected chi connectivity index (χ2v) is 4.50. The van der Waals surface area contributed by atoms with Crippen LogP contribution < -0.4 is 5.73 Å². The standard InChI is InChI=1S/C12H11NOS/c1-8-6-11(7-15-8)9-2-4-10(5-3-9)12(13)14/h2-7H,1H3,(H2,13,14). The Labute approximate surface area is 92.4 Å². The van der Waals surface area contributed by atoms with Crippen LogP contribution in [-0.4, -0.2) is 5.91 Å². The van der Waals surface area contributed by atoms with Crippen molar-refractivity contribution < 1.29 is 4.79 Å². The number of carbonyl (C=O) groups is 1. The minimum atomic E-state index is -0.386. The lowest BCUT2D eigenvalue weighted by Gasteiger charge is -1.99. The average molecular weight is 217 g/mol. The van der Waals surface area contributed by atoms with Gasteiger partial charge in [-0.25, -0.2) is 0 Å². The third-order valence-corrected chi connectivity index (χ3v) is 3.09. The van der Waals surface area contributed by atoms with Crippen molar-refractivity contribution in [2.75, 3.05) is 0 Å². The molecule has 76 valence electrons. The van der Waals surface area contributed by atoms with Gasteiger partial charge in [0.25, 0.3) is 0 Å². The van der Waals surface area contributed by atoms with Crippen molar-refractivity contribution in [2.45, 2.75) is 6.92 Å². The fourth-order valence-electron chi connectivity index (χ4n) is 1.42. The fourth-order valence-corrected chi connectivity index (χ4v) is 2.13. The van der Waals surface area contributed by atoms with Gasteiger partial charge in [0.05, 0.1) is 0 Å². The van der Waals surface area contributed by atoms with E-state index < -0.39 is 0 Å². The van der Waals surface area contributed by atoms with Crippen LogP contribution in [0, 0.1) is 6.92 Å². The molecular formula is C12H11NOS. The summed E-state index contributed by atoms with van der Waals surface area (Å²) in [6.45, 7) is 2.08. The molecule has 0 aliphatic carbocycles. The Morgan fingerprint density at radius 1 is 1.20 bits per heavy atom. The molecule has 0 saturated carbocycles. The predicted octanol–water partition coefficient (Wildman–Crippen LogP) is 2.82. The van der Waals surface area contributed by atoms with E-state index in [2.05, 4.69) is 18.4 Å². The number of rotatable bonds is 2. The quantitative estimate of drug-likeness (QED) is 0.825. The van der Waals surface area contributed by atoms with Crippen molar-refractivity contribution >= 4 is 17.2 Å². The van der Waals surface area contributed by atoms with Crippen LogP contribution >= 0.6 is 11.3 Å². The molecule has 2 N–H and O–H groups in total. The van der Waals surface area contributed by atoms with E-state index in [1.54, 1.807) is 23.5 Å². The molecule has 0 bridgehead atoms. The topological polar surface area (TPSA) is 43.1 Å². The molecule has 1 aromatic heterocycles. The molecule has 2 rings (SSSR count). The third-order valence-electron chi connectivity index (χ3n) is 2.23. The summed E-state index contributed by atoms with van der Waals surface area (Å²) in [6.07, 6.45) is 0. The number of hydrogen-bond acceptors (Lipinski definition) is 2. The van der Waals surface area contributed by atoms with E-state index >= 15 is 0 Å². The van der Waals surface area contributed by atoms with Crippen LogP contribution in [0.2, 0.25) is 0 Å². The van der Waals surface area contributed by atoms with Crippen LogP contribution in [0.3, 0.4) is 0 Å².